The largest absolute Gasteiger partial charge is 0.494 e. The van der Waals surface area contributed by atoms with Gasteiger partial charge in [-0.25, -0.2) is 4.39 Å². The molecule has 110 valence electrons. The van der Waals surface area contributed by atoms with Gasteiger partial charge in [0.2, 0.25) is 6.79 Å². The van der Waals surface area contributed by atoms with Gasteiger partial charge in [0.05, 0.1) is 12.8 Å². The van der Waals surface area contributed by atoms with Crippen LogP contribution in [0.2, 0.25) is 0 Å². The van der Waals surface area contributed by atoms with E-state index in [0.717, 1.165) is 22.7 Å². The number of methoxy groups -OCH3 is 1. The predicted molar refractivity (Wildman–Crippen MR) is 77.6 cm³/mol. The van der Waals surface area contributed by atoms with E-state index in [4.69, 9.17) is 14.2 Å². The van der Waals surface area contributed by atoms with Crippen LogP contribution in [0.1, 0.15) is 18.5 Å². The normalized spacial score (nSPS) is 13.9. The van der Waals surface area contributed by atoms with Crippen LogP contribution in [0.25, 0.3) is 0 Å². The van der Waals surface area contributed by atoms with Crippen LogP contribution < -0.4 is 19.5 Å². The number of hydrogen-bond donors (Lipinski definition) is 1. The molecule has 0 amide bonds. The third-order valence-electron chi connectivity index (χ3n) is 3.43. The average Bonchev–Trinajstić information content (AvgIpc) is 2.96. The highest BCUT2D eigenvalue weighted by Gasteiger charge is 2.16. The summed E-state index contributed by atoms with van der Waals surface area (Å²) in [5, 5.41) is 3.31. The van der Waals surface area contributed by atoms with E-state index in [1.54, 1.807) is 6.07 Å². The van der Waals surface area contributed by atoms with Gasteiger partial charge in [0, 0.05) is 12.1 Å². The Balaban J connectivity index is 1.81. The Labute approximate surface area is 122 Å². The van der Waals surface area contributed by atoms with E-state index in [-0.39, 0.29) is 18.7 Å². The van der Waals surface area contributed by atoms with Crippen molar-refractivity contribution in [3.05, 3.63) is 47.8 Å². The van der Waals surface area contributed by atoms with Crippen molar-refractivity contribution in [3.8, 4) is 17.2 Å². The summed E-state index contributed by atoms with van der Waals surface area (Å²) in [6.45, 7) is 2.27. The predicted octanol–water partition coefficient (Wildman–Crippen LogP) is 3.74. The zero-order valence-corrected chi connectivity index (χ0v) is 11.9. The summed E-state index contributed by atoms with van der Waals surface area (Å²) < 4.78 is 29.1. The van der Waals surface area contributed by atoms with Crippen molar-refractivity contribution < 1.29 is 18.6 Å². The lowest BCUT2D eigenvalue weighted by Crippen LogP contribution is -2.07. The number of ether oxygens (including phenoxy) is 3. The van der Waals surface area contributed by atoms with E-state index in [9.17, 15) is 4.39 Å². The minimum atomic E-state index is -0.326. The summed E-state index contributed by atoms with van der Waals surface area (Å²) in [6.07, 6.45) is 0. The molecule has 0 radical (unpaired) electrons. The fourth-order valence-electron chi connectivity index (χ4n) is 2.28. The number of nitrogens with one attached hydrogen (secondary N) is 1. The molecule has 1 heterocycles. The third kappa shape index (κ3) is 2.72. The molecule has 2 aromatic rings. The third-order valence-corrected chi connectivity index (χ3v) is 3.43. The number of rotatable bonds is 4. The Hall–Kier alpha value is -2.43. The molecular formula is C16H16FNO3. The van der Waals surface area contributed by atoms with Gasteiger partial charge in [-0.3, -0.25) is 0 Å². The van der Waals surface area contributed by atoms with Gasteiger partial charge in [0.1, 0.15) is 11.6 Å². The maximum absolute atomic E-state index is 13.2. The monoisotopic (exact) mass is 289 g/mol. The van der Waals surface area contributed by atoms with Crippen molar-refractivity contribution in [1.29, 1.82) is 0 Å². The van der Waals surface area contributed by atoms with Crippen LogP contribution in [0.4, 0.5) is 10.1 Å². The fraction of sp³-hybridized carbons (Fsp3) is 0.250. The summed E-state index contributed by atoms with van der Waals surface area (Å²) in [7, 11) is 1.52. The molecule has 0 spiro atoms. The quantitative estimate of drug-likeness (QED) is 0.931. The Morgan fingerprint density at radius 1 is 1.14 bits per heavy atom. The summed E-state index contributed by atoms with van der Waals surface area (Å²) in [5.74, 6) is 1.65. The van der Waals surface area contributed by atoms with E-state index < -0.39 is 0 Å². The van der Waals surface area contributed by atoms with Crippen LogP contribution in [0.15, 0.2) is 36.4 Å². The van der Waals surface area contributed by atoms with Gasteiger partial charge in [-0.15, -0.1) is 0 Å². The zero-order valence-electron chi connectivity index (χ0n) is 11.9. The highest BCUT2D eigenvalue weighted by molar-refractivity contribution is 5.58. The van der Waals surface area contributed by atoms with Crippen molar-refractivity contribution in [1.82, 2.24) is 0 Å². The van der Waals surface area contributed by atoms with Gasteiger partial charge in [-0.05, 0) is 36.8 Å². The molecule has 5 heteroatoms. The van der Waals surface area contributed by atoms with Crippen molar-refractivity contribution in [2.75, 3.05) is 19.2 Å². The lowest BCUT2D eigenvalue weighted by atomic mass is 10.1. The van der Waals surface area contributed by atoms with Crippen LogP contribution in [-0.4, -0.2) is 13.9 Å². The van der Waals surface area contributed by atoms with Gasteiger partial charge in [-0.2, -0.15) is 0 Å². The molecule has 0 aromatic heterocycles. The van der Waals surface area contributed by atoms with E-state index in [1.165, 1.54) is 19.2 Å². The molecule has 0 saturated carbocycles. The lowest BCUT2D eigenvalue weighted by Gasteiger charge is -2.18. The number of hydrogen-bond acceptors (Lipinski definition) is 4. The number of benzene rings is 2. The van der Waals surface area contributed by atoms with E-state index in [2.05, 4.69) is 5.32 Å². The smallest absolute Gasteiger partial charge is 0.231 e. The molecule has 1 unspecified atom stereocenters. The molecule has 1 N–H and O–H groups in total. The Kier molecular flexibility index (Phi) is 3.56. The highest BCUT2D eigenvalue weighted by Crippen LogP contribution is 2.35. The van der Waals surface area contributed by atoms with Crippen molar-refractivity contribution in [2.24, 2.45) is 0 Å². The van der Waals surface area contributed by atoms with Crippen molar-refractivity contribution in [2.45, 2.75) is 13.0 Å². The number of halogens is 1. The second-order valence-corrected chi connectivity index (χ2v) is 4.82. The summed E-state index contributed by atoms with van der Waals surface area (Å²) in [4.78, 5) is 0. The van der Waals surface area contributed by atoms with Crippen LogP contribution >= 0.6 is 0 Å². The molecule has 2 aromatic carbocycles. The van der Waals surface area contributed by atoms with E-state index in [0.29, 0.717) is 5.75 Å². The number of anilines is 1. The number of fused-ring (bicyclic) bond motifs is 1. The molecule has 0 saturated heterocycles. The molecule has 0 fully saturated rings. The van der Waals surface area contributed by atoms with Gasteiger partial charge in [0.15, 0.2) is 11.5 Å². The summed E-state index contributed by atoms with van der Waals surface area (Å²) in [6, 6.07) is 10.2. The first-order valence-electron chi connectivity index (χ1n) is 6.67. The van der Waals surface area contributed by atoms with E-state index in [1.807, 2.05) is 25.1 Å². The van der Waals surface area contributed by atoms with Crippen LogP contribution in [0.3, 0.4) is 0 Å². The van der Waals surface area contributed by atoms with Crippen molar-refractivity contribution >= 4 is 5.69 Å². The maximum atomic E-state index is 13.2. The molecule has 21 heavy (non-hydrogen) atoms. The van der Waals surface area contributed by atoms with Gasteiger partial charge in [0.25, 0.3) is 0 Å². The Morgan fingerprint density at radius 3 is 2.76 bits per heavy atom. The SMILES string of the molecule is COc1cc(F)ccc1NC(C)c1ccc2c(c1)OCO2. The standard InChI is InChI=1S/C16H16FNO3/c1-10(11-3-6-14-16(7-11)21-9-20-14)18-13-5-4-12(17)8-15(13)19-2/h3-8,10,18H,9H2,1-2H3. The average molecular weight is 289 g/mol. The van der Waals surface area contributed by atoms with Crippen molar-refractivity contribution in [3.63, 3.8) is 0 Å². The summed E-state index contributed by atoms with van der Waals surface area (Å²) >= 11 is 0. The van der Waals surface area contributed by atoms with E-state index >= 15 is 0 Å². The first-order valence-corrected chi connectivity index (χ1v) is 6.67. The lowest BCUT2D eigenvalue weighted by molar-refractivity contribution is 0.174. The Morgan fingerprint density at radius 2 is 1.95 bits per heavy atom. The second kappa shape index (κ2) is 5.52. The molecule has 1 aliphatic rings. The van der Waals surface area contributed by atoms with Crippen LogP contribution in [-0.2, 0) is 0 Å². The topological polar surface area (TPSA) is 39.7 Å². The molecule has 1 atom stereocenters. The minimum Gasteiger partial charge on any atom is -0.494 e. The molecule has 1 aliphatic heterocycles. The second-order valence-electron chi connectivity index (χ2n) is 4.82. The minimum absolute atomic E-state index is 0.0128. The zero-order chi connectivity index (χ0) is 14.8. The Bertz CT molecular complexity index is 660. The first kappa shape index (κ1) is 13.5. The first-order chi connectivity index (χ1) is 10.2. The van der Waals surface area contributed by atoms with Gasteiger partial charge in [-0.1, -0.05) is 6.07 Å². The molecular weight excluding hydrogens is 273 g/mol. The van der Waals surface area contributed by atoms with Gasteiger partial charge >= 0.3 is 0 Å². The molecule has 4 nitrogen and oxygen atoms in total. The summed E-state index contributed by atoms with van der Waals surface area (Å²) in [5.41, 5.74) is 1.79. The molecule has 0 bridgehead atoms. The highest BCUT2D eigenvalue weighted by atomic mass is 19.1. The molecule has 3 rings (SSSR count). The van der Waals surface area contributed by atoms with Crippen LogP contribution in [0, 0.1) is 5.82 Å². The fourth-order valence-corrected chi connectivity index (χ4v) is 2.28. The molecule has 0 aliphatic carbocycles. The van der Waals surface area contributed by atoms with Crippen LogP contribution in [0.5, 0.6) is 17.2 Å². The maximum Gasteiger partial charge on any atom is 0.231 e. The van der Waals surface area contributed by atoms with Gasteiger partial charge < -0.3 is 19.5 Å².